The van der Waals surface area contributed by atoms with Crippen molar-refractivity contribution < 1.29 is 17.9 Å². The van der Waals surface area contributed by atoms with Crippen LogP contribution in [0.25, 0.3) is 0 Å². The van der Waals surface area contributed by atoms with Gasteiger partial charge in [0.2, 0.25) is 10.0 Å². The van der Waals surface area contributed by atoms with Gasteiger partial charge in [0.25, 0.3) is 5.91 Å². The Kier molecular flexibility index (Phi) is 7.25. The predicted octanol–water partition coefficient (Wildman–Crippen LogP) is 1.83. The van der Waals surface area contributed by atoms with E-state index in [1.54, 1.807) is 6.07 Å². The molecular weight excluding hydrogens is 366 g/mol. The van der Waals surface area contributed by atoms with Gasteiger partial charge in [-0.05, 0) is 49.8 Å². The Hall–Kier alpha value is -1.64. The lowest BCUT2D eigenvalue weighted by Crippen LogP contribution is -2.42. The number of hydrogen-bond acceptors (Lipinski definition) is 5. The second kappa shape index (κ2) is 9.03. The number of carbonyl (C=O) groups is 1. The Balaban J connectivity index is 2.30. The molecule has 8 heteroatoms. The zero-order valence-electron chi connectivity index (χ0n) is 16.6. The Morgan fingerprint density at radius 2 is 1.96 bits per heavy atom. The molecule has 0 radical (unpaired) electrons. The van der Waals surface area contributed by atoms with Gasteiger partial charge in [0.15, 0.2) is 0 Å². The molecule has 0 saturated carbocycles. The molecule has 0 aliphatic carbocycles. The predicted molar refractivity (Wildman–Crippen MR) is 105 cm³/mol. The number of nitrogens with zero attached hydrogens (tertiary/aromatic N) is 1. The zero-order chi connectivity index (χ0) is 20.2. The van der Waals surface area contributed by atoms with E-state index in [-0.39, 0.29) is 28.2 Å². The van der Waals surface area contributed by atoms with Gasteiger partial charge in [-0.15, -0.1) is 0 Å². The number of carbonyl (C=O) groups excluding carboxylic acids is 1. The molecule has 3 N–H and O–H groups in total. The third-order valence-corrected chi connectivity index (χ3v) is 6.62. The summed E-state index contributed by atoms with van der Waals surface area (Å²) in [4.78, 5) is 12.4. The third kappa shape index (κ3) is 5.43. The summed E-state index contributed by atoms with van der Waals surface area (Å²) in [6.07, 6.45) is 1.65. The molecule has 152 valence electrons. The monoisotopic (exact) mass is 397 g/mol. The molecule has 7 nitrogen and oxygen atoms in total. The minimum Gasteiger partial charge on any atom is -0.495 e. The second-order valence-electron chi connectivity index (χ2n) is 7.66. The number of sulfonamides is 1. The van der Waals surface area contributed by atoms with Crippen molar-refractivity contribution in [1.82, 2.24) is 9.62 Å². The van der Waals surface area contributed by atoms with E-state index in [0.29, 0.717) is 37.9 Å². The first-order chi connectivity index (χ1) is 12.6. The molecule has 1 heterocycles. The van der Waals surface area contributed by atoms with Crippen molar-refractivity contribution in [3.05, 3.63) is 23.8 Å². The summed E-state index contributed by atoms with van der Waals surface area (Å²) in [6, 6.07) is 4.49. The van der Waals surface area contributed by atoms with Crippen LogP contribution in [0.4, 0.5) is 0 Å². The van der Waals surface area contributed by atoms with E-state index in [0.717, 1.165) is 6.42 Å². The van der Waals surface area contributed by atoms with E-state index >= 15 is 0 Å². The molecule has 1 fully saturated rings. The molecule has 27 heavy (non-hydrogen) atoms. The van der Waals surface area contributed by atoms with Crippen LogP contribution in [0.5, 0.6) is 5.75 Å². The first-order valence-corrected chi connectivity index (χ1v) is 10.8. The number of hydrogen-bond donors (Lipinski definition) is 2. The zero-order valence-corrected chi connectivity index (χ0v) is 17.4. The van der Waals surface area contributed by atoms with Crippen molar-refractivity contribution in [2.24, 2.45) is 17.6 Å². The first kappa shape index (κ1) is 21.7. The van der Waals surface area contributed by atoms with E-state index in [4.69, 9.17) is 10.5 Å². The van der Waals surface area contributed by atoms with Crippen LogP contribution in [0.3, 0.4) is 0 Å². The van der Waals surface area contributed by atoms with Crippen LogP contribution in [-0.2, 0) is 10.0 Å². The molecule has 3 atom stereocenters. The van der Waals surface area contributed by atoms with E-state index in [2.05, 4.69) is 19.2 Å². The lowest BCUT2D eigenvalue weighted by atomic mass is 9.94. The number of nitrogens with one attached hydrogen (secondary N) is 1. The molecule has 0 spiro atoms. The van der Waals surface area contributed by atoms with Crippen molar-refractivity contribution in [3.8, 4) is 5.75 Å². The Morgan fingerprint density at radius 1 is 1.33 bits per heavy atom. The molecule has 1 aromatic carbocycles. The van der Waals surface area contributed by atoms with Gasteiger partial charge in [-0.2, -0.15) is 4.31 Å². The molecule has 1 aliphatic rings. The van der Waals surface area contributed by atoms with Crippen LogP contribution in [0.1, 0.15) is 44.0 Å². The van der Waals surface area contributed by atoms with Gasteiger partial charge in [-0.25, -0.2) is 8.42 Å². The average molecular weight is 398 g/mol. The van der Waals surface area contributed by atoms with Crippen LogP contribution in [-0.4, -0.2) is 51.4 Å². The first-order valence-electron chi connectivity index (χ1n) is 9.37. The largest absolute Gasteiger partial charge is 0.495 e. The lowest BCUT2D eigenvalue weighted by molar-refractivity contribution is 0.0952. The van der Waals surface area contributed by atoms with Gasteiger partial charge >= 0.3 is 0 Å². The van der Waals surface area contributed by atoms with Gasteiger partial charge in [-0.3, -0.25) is 4.79 Å². The summed E-state index contributed by atoms with van der Waals surface area (Å²) >= 11 is 0. The fourth-order valence-electron chi connectivity index (χ4n) is 3.48. The fourth-order valence-corrected chi connectivity index (χ4v) is 5.34. The van der Waals surface area contributed by atoms with Gasteiger partial charge in [0.05, 0.1) is 7.11 Å². The highest BCUT2D eigenvalue weighted by molar-refractivity contribution is 7.89. The minimum atomic E-state index is -3.75. The fraction of sp³-hybridized carbons (Fsp3) is 0.632. The molecule has 1 saturated heterocycles. The molecule has 1 aromatic rings. The summed E-state index contributed by atoms with van der Waals surface area (Å²) in [7, 11) is -2.32. The molecular formula is C19H31N3O4S. The van der Waals surface area contributed by atoms with Crippen molar-refractivity contribution in [2.45, 2.75) is 44.6 Å². The molecule has 1 amide bonds. The normalized spacial score (nSPS) is 22.3. The van der Waals surface area contributed by atoms with Gasteiger partial charge in [0.1, 0.15) is 10.6 Å². The quantitative estimate of drug-likeness (QED) is 0.731. The molecule has 3 unspecified atom stereocenters. The average Bonchev–Trinajstić information content (AvgIpc) is 2.59. The number of benzene rings is 1. The van der Waals surface area contributed by atoms with Gasteiger partial charge in [-0.1, -0.05) is 13.8 Å². The number of piperidine rings is 1. The smallest absolute Gasteiger partial charge is 0.251 e. The molecule has 0 aromatic heterocycles. The Labute approximate surface area is 162 Å². The van der Waals surface area contributed by atoms with Crippen LogP contribution >= 0.6 is 0 Å². The summed E-state index contributed by atoms with van der Waals surface area (Å²) < 4.78 is 33.2. The summed E-state index contributed by atoms with van der Waals surface area (Å²) in [6.45, 7) is 7.35. The highest BCUT2D eigenvalue weighted by Crippen LogP contribution is 2.32. The van der Waals surface area contributed by atoms with E-state index < -0.39 is 10.0 Å². The van der Waals surface area contributed by atoms with Gasteiger partial charge < -0.3 is 15.8 Å². The van der Waals surface area contributed by atoms with Crippen LogP contribution in [0.15, 0.2) is 23.1 Å². The highest BCUT2D eigenvalue weighted by Gasteiger charge is 2.34. The Morgan fingerprint density at radius 3 is 2.52 bits per heavy atom. The van der Waals surface area contributed by atoms with Crippen LogP contribution < -0.4 is 15.8 Å². The van der Waals surface area contributed by atoms with E-state index in [1.807, 2.05) is 6.92 Å². The number of methoxy groups -OCH3 is 1. The maximum atomic E-state index is 13.2. The maximum Gasteiger partial charge on any atom is 0.251 e. The van der Waals surface area contributed by atoms with Crippen molar-refractivity contribution in [2.75, 3.05) is 26.7 Å². The van der Waals surface area contributed by atoms with Crippen LogP contribution in [0.2, 0.25) is 0 Å². The lowest BCUT2D eigenvalue weighted by Gasteiger charge is -2.34. The summed E-state index contributed by atoms with van der Waals surface area (Å²) in [5, 5.41) is 2.77. The molecule has 2 rings (SSSR count). The van der Waals surface area contributed by atoms with E-state index in [1.165, 1.54) is 23.5 Å². The Bertz CT molecular complexity index is 754. The molecule has 1 aliphatic heterocycles. The molecule has 0 bridgehead atoms. The summed E-state index contributed by atoms with van der Waals surface area (Å²) in [5.74, 6) is 0.502. The van der Waals surface area contributed by atoms with E-state index in [9.17, 15) is 13.2 Å². The van der Waals surface area contributed by atoms with Crippen molar-refractivity contribution in [1.29, 1.82) is 0 Å². The summed E-state index contributed by atoms with van der Waals surface area (Å²) in [5.41, 5.74) is 5.98. The second-order valence-corrected chi connectivity index (χ2v) is 9.56. The number of rotatable bonds is 7. The van der Waals surface area contributed by atoms with Crippen molar-refractivity contribution >= 4 is 15.9 Å². The van der Waals surface area contributed by atoms with Crippen LogP contribution in [0, 0.1) is 11.8 Å². The maximum absolute atomic E-state index is 13.2. The van der Waals surface area contributed by atoms with Gasteiger partial charge in [0, 0.05) is 31.2 Å². The van der Waals surface area contributed by atoms with Crippen molar-refractivity contribution in [3.63, 3.8) is 0 Å². The third-order valence-electron chi connectivity index (χ3n) is 4.76. The number of ether oxygens (including phenoxy) is 1. The standard InChI is InChI=1S/C19H31N3O4S/c1-13-9-14(2)12-22(11-13)27(24,25)18-10-16(5-6-17(18)26-4)19(23)21-8-7-15(3)20/h5-6,10,13-15H,7-9,11-12,20H2,1-4H3,(H,21,23). The highest BCUT2D eigenvalue weighted by atomic mass is 32.2. The number of nitrogens with two attached hydrogens (primary N) is 1. The topological polar surface area (TPSA) is 102 Å². The minimum absolute atomic E-state index is 0.0137. The SMILES string of the molecule is COc1ccc(C(=O)NCCC(C)N)cc1S(=O)(=O)N1CC(C)CC(C)C1. The number of amides is 1.